The molecule has 0 bridgehead atoms. The maximum Gasteiger partial charge on any atom is 0.306 e. The Labute approximate surface area is 111 Å². The molecule has 19 heavy (non-hydrogen) atoms. The molecular weight excluding hydrogens is 244 g/mol. The highest BCUT2D eigenvalue weighted by atomic mass is 16.4. The second kappa shape index (κ2) is 4.66. The molecule has 1 amide bonds. The van der Waals surface area contributed by atoms with Gasteiger partial charge in [0, 0.05) is 12.2 Å². The molecule has 0 radical (unpaired) electrons. The normalized spacial score (nSPS) is 23.9. The molecule has 1 aliphatic carbocycles. The van der Waals surface area contributed by atoms with Gasteiger partial charge in [0.25, 0.3) is 0 Å². The molecule has 0 spiro atoms. The SMILES string of the molecule is O=C1Cc2cc(CNCC3CC3C(=O)O)ccc2N1. The summed E-state index contributed by atoms with van der Waals surface area (Å²) in [5.74, 6) is -0.527. The van der Waals surface area contributed by atoms with Crippen LogP contribution in [0.1, 0.15) is 17.5 Å². The van der Waals surface area contributed by atoms with Gasteiger partial charge in [-0.05, 0) is 36.1 Å². The molecule has 2 atom stereocenters. The third-order valence-electron chi connectivity index (χ3n) is 3.77. The van der Waals surface area contributed by atoms with Crippen molar-refractivity contribution in [3.63, 3.8) is 0 Å². The van der Waals surface area contributed by atoms with Gasteiger partial charge >= 0.3 is 5.97 Å². The Hall–Kier alpha value is -1.88. The van der Waals surface area contributed by atoms with Crippen LogP contribution in [0.4, 0.5) is 5.69 Å². The molecule has 5 heteroatoms. The van der Waals surface area contributed by atoms with Gasteiger partial charge in [0.2, 0.25) is 5.91 Å². The van der Waals surface area contributed by atoms with Gasteiger partial charge < -0.3 is 15.7 Å². The Morgan fingerprint density at radius 2 is 2.32 bits per heavy atom. The Morgan fingerprint density at radius 3 is 3.05 bits per heavy atom. The first-order valence-corrected chi connectivity index (χ1v) is 6.48. The summed E-state index contributed by atoms with van der Waals surface area (Å²) in [6, 6.07) is 5.94. The lowest BCUT2D eigenvalue weighted by Crippen LogP contribution is -2.18. The molecule has 1 aromatic rings. The van der Waals surface area contributed by atoms with Crippen LogP contribution in [0.5, 0.6) is 0 Å². The third-order valence-corrected chi connectivity index (χ3v) is 3.77. The zero-order valence-electron chi connectivity index (χ0n) is 10.5. The van der Waals surface area contributed by atoms with Gasteiger partial charge in [-0.2, -0.15) is 0 Å². The Bertz CT molecular complexity index is 541. The lowest BCUT2D eigenvalue weighted by Gasteiger charge is -2.06. The molecule has 0 saturated heterocycles. The van der Waals surface area contributed by atoms with E-state index in [4.69, 9.17) is 5.11 Å². The van der Waals surface area contributed by atoms with Gasteiger partial charge in [-0.3, -0.25) is 9.59 Å². The van der Waals surface area contributed by atoms with Crippen molar-refractivity contribution >= 4 is 17.6 Å². The zero-order valence-corrected chi connectivity index (χ0v) is 10.5. The summed E-state index contributed by atoms with van der Waals surface area (Å²) in [5, 5.41) is 14.9. The van der Waals surface area contributed by atoms with Crippen molar-refractivity contribution in [3.8, 4) is 0 Å². The lowest BCUT2D eigenvalue weighted by atomic mass is 10.1. The van der Waals surface area contributed by atoms with Gasteiger partial charge in [0.05, 0.1) is 12.3 Å². The number of nitrogens with one attached hydrogen (secondary N) is 2. The summed E-state index contributed by atoms with van der Waals surface area (Å²) in [6.45, 7) is 1.45. The van der Waals surface area contributed by atoms with Gasteiger partial charge in [-0.25, -0.2) is 0 Å². The Kier molecular flexibility index (Phi) is 2.98. The van der Waals surface area contributed by atoms with Crippen LogP contribution in [0, 0.1) is 11.8 Å². The Balaban J connectivity index is 1.50. The summed E-state index contributed by atoms with van der Waals surface area (Å²) < 4.78 is 0. The second-order valence-electron chi connectivity index (χ2n) is 5.29. The average Bonchev–Trinajstić information content (AvgIpc) is 3.03. The highest BCUT2D eigenvalue weighted by Gasteiger charge is 2.42. The smallest absolute Gasteiger partial charge is 0.306 e. The number of fused-ring (bicyclic) bond motifs is 1. The van der Waals surface area contributed by atoms with Crippen LogP contribution in [-0.2, 0) is 22.6 Å². The highest BCUT2D eigenvalue weighted by Crippen LogP contribution is 2.37. The maximum absolute atomic E-state index is 11.2. The molecule has 0 aromatic heterocycles. The summed E-state index contributed by atoms with van der Waals surface area (Å²) >= 11 is 0. The predicted octanol–water partition coefficient (Wildman–Crippen LogP) is 0.991. The zero-order chi connectivity index (χ0) is 13.4. The number of anilines is 1. The van der Waals surface area contributed by atoms with Crippen molar-refractivity contribution in [2.75, 3.05) is 11.9 Å². The summed E-state index contributed by atoms with van der Waals surface area (Å²) in [7, 11) is 0. The molecule has 2 aliphatic rings. The van der Waals surface area contributed by atoms with Crippen LogP contribution in [0.15, 0.2) is 18.2 Å². The molecule has 1 aromatic carbocycles. The van der Waals surface area contributed by atoms with E-state index in [0.717, 1.165) is 29.8 Å². The number of carboxylic acid groups (broad SMARTS) is 1. The van der Waals surface area contributed by atoms with Crippen molar-refractivity contribution < 1.29 is 14.7 Å². The summed E-state index contributed by atoms with van der Waals surface area (Å²) in [4.78, 5) is 21.9. The molecule has 3 N–H and O–H groups in total. The van der Waals surface area contributed by atoms with Gasteiger partial charge in [0.15, 0.2) is 0 Å². The number of benzene rings is 1. The van der Waals surface area contributed by atoms with Crippen LogP contribution < -0.4 is 10.6 Å². The van der Waals surface area contributed by atoms with Crippen LogP contribution >= 0.6 is 0 Å². The minimum Gasteiger partial charge on any atom is -0.481 e. The second-order valence-corrected chi connectivity index (χ2v) is 5.29. The van der Waals surface area contributed by atoms with E-state index in [0.29, 0.717) is 13.0 Å². The fourth-order valence-corrected chi connectivity index (χ4v) is 2.57. The number of hydrogen-bond acceptors (Lipinski definition) is 3. The molecule has 1 saturated carbocycles. The molecule has 5 nitrogen and oxygen atoms in total. The number of carboxylic acids is 1. The molecule has 3 rings (SSSR count). The number of amides is 1. The van der Waals surface area contributed by atoms with E-state index in [-0.39, 0.29) is 17.7 Å². The average molecular weight is 260 g/mol. The highest BCUT2D eigenvalue weighted by molar-refractivity contribution is 5.99. The van der Waals surface area contributed by atoms with E-state index >= 15 is 0 Å². The van der Waals surface area contributed by atoms with Crippen LogP contribution in [0.3, 0.4) is 0 Å². The van der Waals surface area contributed by atoms with E-state index in [9.17, 15) is 9.59 Å². The number of rotatable bonds is 5. The number of aliphatic carboxylic acids is 1. The van der Waals surface area contributed by atoms with E-state index in [1.807, 2.05) is 18.2 Å². The largest absolute Gasteiger partial charge is 0.481 e. The number of hydrogen-bond donors (Lipinski definition) is 3. The molecule has 1 fully saturated rings. The maximum atomic E-state index is 11.2. The quantitative estimate of drug-likeness (QED) is 0.737. The van der Waals surface area contributed by atoms with Gasteiger partial charge in [-0.15, -0.1) is 0 Å². The van der Waals surface area contributed by atoms with Crippen molar-refractivity contribution in [2.45, 2.75) is 19.4 Å². The first-order chi connectivity index (χ1) is 9.13. The number of carbonyl (C=O) groups excluding carboxylic acids is 1. The third kappa shape index (κ3) is 2.61. The lowest BCUT2D eigenvalue weighted by molar-refractivity contribution is -0.138. The van der Waals surface area contributed by atoms with Crippen LogP contribution in [0.2, 0.25) is 0 Å². The van der Waals surface area contributed by atoms with Crippen molar-refractivity contribution in [1.82, 2.24) is 5.32 Å². The Morgan fingerprint density at radius 1 is 1.47 bits per heavy atom. The molecule has 1 aliphatic heterocycles. The topological polar surface area (TPSA) is 78.4 Å². The first-order valence-electron chi connectivity index (χ1n) is 6.48. The first kappa shape index (κ1) is 12.2. The van der Waals surface area contributed by atoms with Crippen molar-refractivity contribution in [2.24, 2.45) is 11.8 Å². The van der Waals surface area contributed by atoms with Crippen molar-refractivity contribution in [1.29, 1.82) is 0 Å². The van der Waals surface area contributed by atoms with E-state index in [1.54, 1.807) is 0 Å². The molecule has 2 unspecified atom stereocenters. The van der Waals surface area contributed by atoms with E-state index < -0.39 is 5.97 Å². The molecule has 100 valence electrons. The molecular formula is C14H16N2O3. The predicted molar refractivity (Wildman–Crippen MR) is 69.7 cm³/mol. The van der Waals surface area contributed by atoms with Crippen LogP contribution in [-0.4, -0.2) is 23.5 Å². The summed E-state index contributed by atoms with van der Waals surface area (Å²) in [5.41, 5.74) is 3.07. The van der Waals surface area contributed by atoms with Crippen molar-refractivity contribution in [3.05, 3.63) is 29.3 Å². The fraction of sp³-hybridized carbons (Fsp3) is 0.429. The van der Waals surface area contributed by atoms with E-state index in [1.165, 1.54) is 0 Å². The summed E-state index contributed by atoms with van der Waals surface area (Å²) in [6.07, 6.45) is 1.23. The van der Waals surface area contributed by atoms with E-state index in [2.05, 4.69) is 10.6 Å². The minimum absolute atomic E-state index is 0.0439. The van der Waals surface area contributed by atoms with Crippen LogP contribution in [0.25, 0.3) is 0 Å². The minimum atomic E-state index is -0.686. The fourth-order valence-electron chi connectivity index (χ4n) is 2.57. The number of carbonyl (C=O) groups is 2. The standard InChI is InChI=1S/C14H16N2O3/c17-13-5-9-3-8(1-2-12(9)16-13)6-15-7-10-4-11(10)14(18)19/h1-3,10-11,15H,4-7H2,(H,16,17)(H,18,19). The van der Waals surface area contributed by atoms with Gasteiger partial charge in [0.1, 0.15) is 0 Å². The monoisotopic (exact) mass is 260 g/mol. The molecule has 1 heterocycles. The van der Waals surface area contributed by atoms with Gasteiger partial charge in [-0.1, -0.05) is 12.1 Å².